The van der Waals surface area contributed by atoms with E-state index in [4.69, 9.17) is 0 Å². The lowest BCUT2D eigenvalue weighted by Crippen LogP contribution is -2.54. The quantitative estimate of drug-likeness (QED) is 0.117. The first-order chi connectivity index (χ1) is 19.7. The highest BCUT2D eigenvalue weighted by Gasteiger charge is 2.16. The highest BCUT2D eigenvalue weighted by Crippen LogP contribution is 2.05. The number of hydrogen-bond donors (Lipinski definition) is 4. The number of nitrogens with zero attached hydrogens (tertiary/aromatic N) is 6. The molecule has 2 aromatic rings. The summed E-state index contributed by atoms with van der Waals surface area (Å²) in [5.41, 5.74) is -3.67. The van der Waals surface area contributed by atoms with E-state index >= 15 is 0 Å². The Morgan fingerprint density at radius 2 is 0.561 bits per heavy atom. The summed E-state index contributed by atoms with van der Waals surface area (Å²) in [5.74, 6) is 3.27. The van der Waals surface area contributed by atoms with Gasteiger partial charge < -0.3 is 0 Å². The minimum Gasteiger partial charge on any atom is -0.247 e. The fourth-order valence-electron chi connectivity index (χ4n) is 4.18. The van der Waals surface area contributed by atoms with Crippen LogP contribution in [-0.2, 0) is 39.3 Å². The van der Waals surface area contributed by atoms with E-state index in [1.807, 2.05) is 0 Å². The molecule has 0 fully saturated rings. The zero-order valence-electron chi connectivity index (χ0n) is 23.1. The van der Waals surface area contributed by atoms with Crippen LogP contribution in [0.3, 0.4) is 0 Å². The van der Waals surface area contributed by atoms with Gasteiger partial charge in [-0.3, -0.25) is 0 Å². The van der Waals surface area contributed by atoms with Gasteiger partial charge in [0.25, 0.3) is 0 Å². The van der Waals surface area contributed by atoms with Crippen molar-refractivity contribution in [1.29, 1.82) is 0 Å². The second-order valence-corrected chi connectivity index (χ2v) is 12.2. The van der Waals surface area contributed by atoms with Crippen LogP contribution in [0.25, 0.3) is 0 Å². The molecule has 0 unspecified atom stereocenters. The lowest BCUT2D eigenvalue weighted by atomic mass is 10.4. The fraction of sp³-hybridized carbons (Fsp3) is 0.750. The van der Waals surface area contributed by atoms with Crippen molar-refractivity contribution in [3.05, 3.63) is 62.9 Å². The Morgan fingerprint density at radius 3 is 0.756 bits per heavy atom. The lowest BCUT2D eigenvalue weighted by Gasteiger charge is -2.14. The molecule has 2 heterocycles. The lowest BCUT2D eigenvalue weighted by molar-refractivity contribution is 0.439. The maximum absolute atomic E-state index is 12.9. The minimum absolute atomic E-state index is 0.165. The molecule has 0 N–H and O–H groups in total. The molecule has 0 spiro atoms. The molecular weight excluding hydrogens is 629 g/mol. The molecule has 2 aromatic heterocycles. The Hall–Kier alpha value is -1.43. The SMILES string of the molecule is O=c1n(CCCS)c(=O)n(CCCSCCCn2c(=O)n(CCCS)c(=O)n(CCCS)c2=O)c(=O)n1CCCS. The summed E-state index contributed by atoms with van der Waals surface area (Å²) in [5, 5.41) is 0. The van der Waals surface area contributed by atoms with E-state index in [0.29, 0.717) is 73.0 Å². The van der Waals surface area contributed by atoms with E-state index in [-0.39, 0.29) is 39.3 Å². The third-order valence-electron chi connectivity index (χ3n) is 6.27. The van der Waals surface area contributed by atoms with Gasteiger partial charge >= 0.3 is 34.1 Å². The van der Waals surface area contributed by atoms with Crippen LogP contribution < -0.4 is 34.1 Å². The molecule has 0 aliphatic heterocycles. The molecule has 0 aromatic carbocycles. The molecule has 17 heteroatoms. The van der Waals surface area contributed by atoms with Crippen molar-refractivity contribution in [2.45, 2.75) is 77.8 Å². The van der Waals surface area contributed by atoms with Gasteiger partial charge in [-0.05, 0) is 73.0 Å². The highest BCUT2D eigenvalue weighted by atomic mass is 32.2. The van der Waals surface area contributed by atoms with Crippen molar-refractivity contribution in [2.24, 2.45) is 0 Å². The normalized spacial score (nSPS) is 11.4. The average Bonchev–Trinajstić information content (AvgIpc) is 2.95. The number of thioether (sulfide) groups is 1. The Kier molecular flexibility index (Phi) is 16.5. The first kappa shape index (κ1) is 35.8. The largest absolute Gasteiger partial charge is 0.336 e. The summed E-state index contributed by atoms with van der Waals surface area (Å²) in [6.07, 6.45) is 3.12. The maximum Gasteiger partial charge on any atom is 0.336 e. The van der Waals surface area contributed by atoms with E-state index in [1.165, 1.54) is 0 Å². The van der Waals surface area contributed by atoms with Gasteiger partial charge in [-0.1, -0.05) is 0 Å². The Labute approximate surface area is 263 Å². The van der Waals surface area contributed by atoms with E-state index in [9.17, 15) is 28.8 Å². The second-order valence-electron chi connectivity index (χ2n) is 9.23. The van der Waals surface area contributed by atoms with Gasteiger partial charge in [-0.25, -0.2) is 56.2 Å². The number of rotatable bonds is 20. The first-order valence-electron chi connectivity index (χ1n) is 13.6. The molecule has 0 aliphatic rings. The molecule has 0 saturated carbocycles. The molecule has 2 rings (SSSR count). The van der Waals surface area contributed by atoms with Gasteiger partial charge in [0.05, 0.1) is 0 Å². The molecule has 0 aliphatic carbocycles. The summed E-state index contributed by atoms with van der Waals surface area (Å²) in [7, 11) is 0. The Balaban J connectivity index is 2.06. The molecular formula is C24H40N6O6S5. The molecule has 12 nitrogen and oxygen atoms in total. The molecule has 0 saturated heterocycles. The molecule has 0 bridgehead atoms. The maximum atomic E-state index is 12.9. The predicted molar refractivity (Wildman–Crippen MR) is 179 cm³/mol. The van der Waals surface area contributed by atoms with Gasteiger partial charge in [0.15, 0.2) is 0 Å². The summed E-state index contributed by atoms with van der Waals surface area (Å²) < 4.78 is 6.61. The van der Waals surface area contributed by atoms with Crippen LogP contribution in [0.2, 0.25) is 0 Å². The zero-order chi connectivity index (χ0) is 30.4. The van der Waals surface area contributed by atoms with Crippen molar-refractivity contribution in [1.82, 2.24) is 27.4 Å². The van der Waals surface area contributed by atoms with Gasteiger partial charge in [0, 0.05) is 39.3 Å². The van der Waals surface area contributed by atoms with Crippen LogP contribution in [0.4, 0.5) is 0 Å². The minimum atomic E-state index is -0.615. The Bertz CT molecular complexity index is 1270. The topological polar surface area (TPSA) is 132 Å². The molecule has 0 atom stereocenters. The van der Waals surface area contributed by atoms with Gasteiger partial charge in [-0.15, -0.1) is 0 Å². The second kappa shape index (κ2) is 19.0. The van der Waals surface area contributed by atoms with Crippen LogP contribution in [0.5, 0.6) is 0 Å². The van der Waals surface area contributed by atoms with Crippen molar-refractivity contribution in [2.75, 3.05) is 34.5 Å². The number of hydrogen-bond acceptors (Lipinski definition) is 11. The summed E-state index contributed by atoms with van der Waals surface area (Å²) in [4.78, 5) is 77.1. The predicted octanol–water partition coefficient (Wildman–Crippen LogP) is 0.150. The van der Waals surface area contributed by atoms with E-state index in [0.717, 1.165) is 27.4 Å². The van der Waals surface area contributed by atoms with Gasteiger partial charge in [0.2, 0.25) is 0 Å². The summed E-state index contributed by atoms with van der Waals surface area (Å²) in [6.45, 7) is 1.09. The van der Waals surface area contributed by atoms with Gasteiger partial charge in [0.1, 0.15) is 0 Å². The van der Waals surface area contributed by atoms with Crippen molar-refractivity contribution in [3.63, 3.8) is 0 Å². The first-order valence-corrected chi connectivity index (χ1v) is 17.3. The third kappa shape index (κ3) is 9.79. The van der Waals surface area contributed by atoms with Crippen LogP contribution in [0.15, 0.2) is 28.8 Å². The smallest absolute Gasteiger partial charge is 0.247 e. The van der Waals surface area contributed by atoms with Crippen LogP contribution in [-0.4, -0.2) is 61.9 Å². The standard InChI is InChI=1S/C24H40N6O6S5/c31-19-25(7-1-13-37)21(33)29(22(34)26(19)8-2-14-38)11-5-17-41-18-6-12-30-23(35)27(9-3-15-39)20(32)28(24(30)36)10-4-16-40/h37-40H,1-18H2. The van der Waals surface area contributed by atoms with E-state index in [1.54, 1.807) is 11.8 Å². The van der Waals surface area contributed by atoms with Crippen molar-refractivity contribution in [3.8, 4) is 0 Å². The highest BCUT2D eigenvalue weighted by molar-refractivity contribution is 7.99. The van der Waals surface area contributed by atoms with Crippen molar-refractivity contribution >= 4 is 62.3 Å². The number of thiol groups is 4. The third-order valence-corrected chi connectivity index (χ3v) is 8.69. The average molecular weight is 669 g/mol. The van der Waals surface area contributed by atoms with Crippen LogP contribution in [0.1, 0.15) is 38.5 Å². The fourth-order valence-corrected chi connectivity index (χ4v) is 5.62. The monoisotopic (exact) mass is 668 g/mol. The van der Waals surface area contributed by atoms with E-state index < -0.39 is 34.1 Å². The summed E-state index contributed by atoms with van der Waals surface area (Å²) >= 11 is 18.2. The summed E-state index contributed by atoms with van der Waals surface area (Å²) in [6, 6.07) is 0. The molecule has 232 valence electrons. The van der Waals surface area contributed by atoms with Crippen LogP contribution >= 0.6 is 62.3 Å². The van der Waals surface area contributed by atoms with Crippen molar-refractivity contribution < 1.29 is 0 Å². The number of aromatic nitrogens is 6. The molecule has 0 amide bonds. The van der Waals surface area contributed by atoms with Crippen LogP contribution in [0, 0.1) is 0 Å². The zero-order valence-corrected chi connectivity index (χ0v) is 27.5. The Morgan fingerprint density at radius 1 is 0.366 bits per heavy atom. The van der Waals surface area contributed by atoms with Gasteiger partial charge in [-0.2, -0.15) is 62.3 Å². The van der Waals surface area contributed by atoms with E-state index in [2.05, 4.69) is 50.5 Å². The molecule has 0 radical (unpaired) electrons. The molecule has 41 heavy (non-hydrogen) atoms.